The second kappa shape index (κ2) is 35.5. The number of carbonyl (C=O) groups excluding carboxylic acids is 3. The second-order valence-electron chi connectivity index (χ2n) is 15.4. The van der Waals surface area contributed by atoms with Crippen LogP contribution in [0.1, 0.15) is 200 Å². The zero-order valence-corrected chi connectivity index (χ0v) is 36.9. The minimum Gasteiger partial charge on any atom is -0.451 e. The van der Waals surface area contributed by atoms with Crippen molar-refractivity contribution in [2.24, 2.45) is 0 Å². The molecule has 0 aromatic rings. The summed E-state index contributed by atoms with van der Waals surface area (Å²) in [5.74, 6) is -1.96. The normalized spacial score (nSPS) is 17.6. The topological polar surface area (TPSA) is 246 Å². The van der Waals surface area contributed by atoms with Crippen LogP contribution in [0.25, 0.3) is 0 Å². The molecule has 17 heteroatoms. The highest BCUT2D eigenvalue weighted by atomic mass is 31.3. The van der Waals surface area contributed by atoms with Crippen LogP contribution in [0.2, 0.25) is 0 Å². The first-order valence-electron chi connectivity index (χ1n) is 21.9. The molecular weight excluding hydrogens is 780 g/mol. The lowest BCUT2D eigenvalue weighted by molar-refractivity contribution is -0.163. The van der Waals surface area contributed by atoms with E-state index in [-0.39, 0.29) is 31.6 Å². The number of hydrogen-bond donors (Lipinski definition) is 7. The van der Waals surface area contributed by atoms with E-state index in [0.29, 0.717) is 0 Å². The minimum atomic E-state index is -5.25. The molecule has 0 aromatic heterocycles. The van der Waals surface area contributed by atoms with Crippen molar-refractivity contribution in [3.8, 4) is 0 Å². The SMILES string of the molecule is CCCCCCCCCCCCCCCC(=O)OC(C(=O)CCCCCCCCCCCCCCC)C(O)CO.O=C(OP(=O)(O)OP(=O)(O)O)[C@@H]1C[C@@H](O)CN1. The Balaban J connectivity index is 0.00000152. The third kappa shape index (κ3) is 34.2. The number of ether oxygens (including phenoxy) is 1. The number of β-amino-alcohol motifs (C(OH)–C–C–N with tert-alkyl or cyclic N) is 1. The molecule has 0 aliphatic carbocycles. The Morgan fingerprint density at radius 2 is 1.04 bits per heavy atom. The predicted octanol–water partition coefficient (Wildman–Crippen LogP) is 8.25. The zero-order chi connectivity index (χ0) is 42.8. The molecule has 0 bridgehead atoms. The fraction of sp³-hybridized carbons (Fsp3) is 0.925. The maximum absolute atomic E-state index is 12.6. The highest BCUT2D eigenvalue weighted by molar-refractivity contribution is 7.61. The molecule has 15 nitrogen and oxygen atoms in total. The van der Waals surface area contributed by atoms with Gasteiger partial charge < -0.3 is 39.7 Å². The third-order valence-corrected chi connectivity index (χ3v) is 12.0. The first-order valence-corrected chi connectivity index (χ1v) is 24.9. The summed E-state index contributed by atoms with van der Waals surface area (Å²) in [6.07, 6.45) is 29.3. The van der Waals surface area contributed by atoms with Crippen molar-refractivity contribution in [1.82, 2.24) is 5.32 Å². The Bertz CT molecular complexity index is 1120. The Morgan fingerprint density at radius 3 is 1.39 bits per heavy atom. The van der Waals surface area contributed by atoms with Crippen molar-refractivity contribution < 1.29 is 67.1 Å². The summed E-state index contributed by atoms with van der Waals surface area (Å²) in [5.41, 5.74) is 0. The number of carbonyl (C=O) groups is 3. The third-order valence-electron chi connectivity index (χ3n) is 9.93. The van der Waals surface area contributed by atoms with Gasteiger partial charge in [-0.05, 0) is 12.8 Å². The standard InChI is InChI=1S/C35H68O5.C5H11NO9P2/c1-3-5-7-9-11-13-15-17-19-21-23-25-27-29-32(37)35(33(38)31-36)40-34(39)30-28-26-24-22-20-18-16-14-12-10-8-6-4-2;7-3-1-4(6-2-3)5(8)14-17(12,13)15-16(9,10)11/h33,35-36,38H,3-31H2,1-2H3;3-4,6-7H,1-2H2,(H,12,13)(H2,9,10,11)/t;3-,4+/m.1/s1. The van der Waals surface area contributed by atoms with Crippen LogP contribution < -0.4 is 5.32 Å². The van der Waals surface area contributed by atoms with Gasteiger partial charge in [0.15, 0.2) is 11.9 Å². The van der Waals surface area contributed by atoms with Gasteiger partial charge in [0, 0.05) is 25.8 Å². The van der Waals surface area contributed by atoms with Crippen molar-refractivity contribution in [2.45, 2.75) is 224 Å². The van der Waals surface area contributed by atoms with Gasteiger partial charge in [-0.1, -0.05) is 168 Å². The summed E-state index contributed by atoms with van der Waals surface area (Å²) in [5, 5.41) is 31.0. The van der Waals surface area contributed by atoms with E-state index in [2.05, 4.69) is 28.0 Å². The van der Waals surface area contributed by atoms with Crippen molar-refractivity contribution in [2.75, 3.05) is 13.2 Å². The molecule has 1 heterocycles. The summed E-state index contributed by atoms with van der Waals surface area (Å²) in [6.45, 7) is 4.03. The quantitative estimate of drug-likeness (QED) is 0.0178. The lowest BCUT2D eigenvalue weighted by Gasteiger charge is -2.20. The van der Waals surface area contributed by atoms with Gasteiger partial charge in [0.05, 0.1) is 12.7 Å². The summed E-state index contributed by atoms with van der Waals surface area (Å²) in [6, 6.07) is -1.02. The average molecular weight is 860 g/mol. The number of aliphatic hydroxyl groups excluding tert-OH is 3. The van der Waals surface area contributed by atoms with E-state index < -0.39 is 58.5 Å². The second-order valence-corrected chi connectivity index (χ2v) is 18.2. The number of phosphoric ester groups is 1. The van der Waals surface area contributed by atoms with Crippen LogP contribution in [0.5, 0.6) is 0 Å². The maximum atomic E-state index is 12.6. The van der Waals surface area contributed by atoms with Gasteiger partial charge in [-0.25, -0.2) is 13.9 Å². The molecule has 1 aliphatic heterocycles. The summed E-state index contributed by atoms with van der Waals surface area (Å²) in [4.78, 5) is 61.6. The van der Waals surface area contributed by atoms with Gasteiger partial charge in [-0.2, -0.15) is 4.31 Å². The molecule has 0 radical (unpaired) electrons. The molecule has 338 valence electrons. The highest BCUT2D eigenvalue weighted by Crippen LogP contribution is 2.57. The largest absolute Gasteiger partial charge is 0.538 e. The summed E-state index contributed by atoms with van der Waals surface area (Å²) >= 11 is 0. The molecule has 7 N–H and O–H groups in total. The van der Waals surface area contributed by atoms with E-state index in [1.165, 1.54) is 128 Å². The van der Waals surface area contributed by atoms with Gasteiger partial charge in [-0.3, -0.25) is 14.5 Å². The van der Waals surface area contributed by atoms with E-state index in [1.807, 2.05) is 0 Å². The smallest absolute Gasteiger partial charge is 0.451 e. The minimum absolute atomic E-state index is 0.0330. The fourth-order valence-electron chi connectivity index (χ4n) is 6.63. The number of hydrogen-bond acceptors (Lipinski definition) is 12. The lowest BCUT2D eigenvalue weighted by atomic mass is 10.0. The summed E-state index contributed by atoms with van der Waals surface area (Å²) < 4.78 is 34.0. The molecule has 1 fully saturated rings. The van der Waals surface area contributed by atoms with Crippen molar-refractivity contribution in [3.05, 3.63) is 0 Å². The van der Waals surface area contributed by atoms with Gasteiger partial charge >= 0.3 is 27.6 Å². The number of phosphoric acid groups is 2. The number of esters is 1. The van der Waals surface area contributed by atoms with Gasteiger partial charge in [0.1, 0.15) is 12.1 Å². The van der Waals surface area contributed by atoms with Crippen molar-refractivity contribution in [3.63, 3.8) is 0 Å². The Hall–Kier alpha value is -1.25. The highest BCUT2D eigenvalue weighted by Gasteiger charge is 2.39. The Labute approximate surface area is 342 Å². The fourth-order valence-corrected chi connectivity index (χ4v) is 8.19. The molecule has 0 saturated carbocycles. The van der Waals surface area contributed by atoms with Crippen LogP contribution in [0.3, 0.4) is 0 Å². The monoisotopic (exact) mass is 859 g/mol. The molecule has 1 saturated heterocycles. The molecule has 0 spiro atoms. The number of nitrogens with one attached hydrogen (secondary N) is 1. The maximum Gasteiger partial charge on any atom is 0.538 e. The van der Waals surface area contributed by atoms with Crippen LogP contribution in [-0.4, -0.2) is 85.2 Å². The van der Waals surface area contributed by atoms with E-state index in [0.717, 1.165) is 38.5 Å². The van der Waals surface area contributed by atoms with E-state index in [1.54, 1.807) is 0 Å². The molecule has 3 unspecified atom stereocenters. The molecule has 1 rings (SSSR count). The Kier molecular flexibility index (Phi) is 34.7. The molecule has 57 heavy (non-hydrogen) atoms. The molecule has 0 aromatic carbocycles. The molecule has 0 amide bonds. The number of unbranched alkanes of at least 4 members (excludes halogenated alkanes) is 24. The lowest BCUT2D eigenvalue weighted by Crippen LogP contribution is -2.40. The molecule has 5 atom stereocenters. The van der Waals surface area contributed by atoms with Gasteiger partial charge in [-0.15, -0.1) is 0 Å². The Morgan fingerprint density at radius 1 is 0.649 bits per heavy atom. The van der Waals surface area contributed by atoms with Crippen LogP contribution in [0.15, 0.2) is 0 Å². The molecular formula is C40H79NO14P2. The average Bonchev–Trinajstić information content (AvgIpc) is 3.59. The number of ketones is 1. The van der Waals surface area contributed by atoms with Gasteiger partial charge in [0.25, 0.3) is 0 Å². The van der Waals surface area contributed by atoms with Crippen molar-refractivity contribution in [1.29, 1.82) is 0 Å². The number of rotatable bonds is 36. The first kappa shape index (κ1) is 55.8. The summed E-state index contributed by atoms with van der Waals surface area (Å²) in [7, 11) is -10.4. The zero-order valence-electron chi connectivity index (χ0n) is 35.1. The van der Waals surface area contributed by atoms with Crippen LogP contribution >= 0.6 is 15.6 Å². The van der Waals surface area contributed by atoms with Crippen LogP contribution in [0.4, 0.5) is 0 Å². The van der Waals surface area contributed by atoms with Gasteiger partial charge in [0.2, 0.25) is 0 Å². The predicted molar refractivity (Wildman–Crippen MR) is 220 cm³/mol. The molecule has 1 aliphatic rings. The number of Topliss-reactive ketones (excluding diaryl/α,β-unsaturated/α-hetero) is 1. The van der Waals surface area contributed by atoms with Crippen LogP contribution in [-0.2, 0) is 37.1 Å². The van der Waals surface area contributed by atoms with E-state index >= 15 is 0 Å². The van der Waals surface area contributed by atoms with Crippen molar-refractivity contribution >= 4 is 33.4 Å². The van der Waals surface area contributed by atoms with Crippen LogP contribution in [0, 0.1) is 0 Å². The first-order chi connectivity index (χ1) is 27.2. The number of aliphatic hydroxyl groups is 3. The van der Waals surface area contributed by atoms with E-state index in [9.17, 15) is 33.7 Å². The van der Waals surface area contributed by atoms with E-state index in [4.69, 9.17) is 24.5 Å².